The highest BCUT2D eigenvalue weighted by Gasteiger charge is 2.21. The van der Waals surface area contributed by atoms with E-state index >= 15 is 0 Å². The topological polar surface area (TPSA) is 37.8 Å². The molecule has 1 saturated heterocycles. The minimum atomic E-state index is 0.764. The Morgan fingerprint density at radius 2 is 1.46 bits per heavy atom. The summed E-state index contributed by atoms with van der Waals surface area (Å²) in [7, 11) is 3.36. The standard InChI is InChI=1S/C22H24ClN3O2/c1-15-14-20(24-22-19(28-3)9-8-18(27-2)21(15)22)26-12-10-25(11-13-26)17-6-4-16(23)5-7-17/h4-9,14H,10-13H2,1-3H3. The van der Waals surface area contributed by atoms with Crippen molar-refractivity contribution in [2.45, 2.75) is 6.92 Å². The van der Waals surface area contributed by atoms with Gasteiger partial charge in [-0.1, -0.05) is 11.6 Å². The Labute approximate surface area is 170 Å². The van der Waals surface area contributed by atoms with Crippen LogP contribution in [0.25, 0.3) is 10.9 Å². The molecule has 0 saturated carbocycles. The van der Waals surface area contributed by atoms with Crippen molar-refractivity contribution in [2.24, 2.45) is 0 Å². The van der Waals surface area contributed by atoms with Gasteiger partial charge in [-0.2, -0.15) is 0 Å². The number of benzene rings is 2. The highest BCUT2D eigenvalue weighted by Crippen LogP contribution is 2.36. The van der Waals surface area contributed by atoms with E-state index in [-0.39, 0.29) is 0 Å². The number of nitrogens with zero attached hydrogens (tertiary/aromatic N) is 3. The number of fused-ring (bicyclic) bond motifs is 1. The summed E-state index contributed by atoms with van der Waals surface area (Å²) in [6, 6.07) is 14.0. The first-order valence-electron chi connectivity index (χ1n) is 9.38. The molecule has 0 amide bonds. The second kappa shape index (κ2) is 7.76. The summed E-state index contributed by atoms with van der Waals surface area (Å²) < 4.78 is 11.1. The molecule has 6 heteroatoms. The zero-order chi connectivity index (χ0) is 19.7. The number of ether oxygens (including phenoxy) is 2. The van der Waals surface area contributed by atoms with Crippen molar-refractivity contribution in [3.05, 3.63) is 53.1 Å². The SMILES string of the molecule is COc1ccc(OC)c2c(C)cc(N3CCN(c4ccc(Cl)cc4)CC3)nc12. The summed E-state index contributed by atoms with van der Waals surface area (Å²) in [4.78, 5) is 9.64. The number of anilines is 2. The Morgan fingerprint density at radius 1 is 0.857 bits per heavy atom. The molecule has 0 radical (unpaired) electrons. The van der Waals surface area contributed by atoms with Crippen molar-refractivity contribution in [2.75, 3.05) is 50.2 Å². The third kappa shape index (κ3) is 3.42. The number of aromatic nitrogens is 1. The van der Waals surface area contributed by atoms with Gasteiger partial charge in [0.2, 0.25) is 0 Å². The van der Waals surface area contributed by atoms with Gasteiger partial charge in [-0.05, 0) is 55.0 Å². The first-order chi connectivity index (χ1) is 13.6. The number of halogens is 1. The minimum Gasteiger partial charge on any atom is -0.496 e. The fraction of sp³-hybridized carbons (Fsp3) is 0.318. The molecular formula is C22H24ClN3O2. The molecule has 28 heavy (non-hydrogen) atoms. The molecule has 0 atom stereocenters. The van der Waals surface area contributed by atoms with Crippen LogP contribution in [-0.4, -0.2) is 45.4 Å². The average molecular weight is 398 g/mol. The van der Waals surface area contributed by atoms with Crippen LogP contribution in [0.1, 0.15) is 5.56 Å². The largest absolute Gasteiger partial charge is 0.496 e. The van der Waals surface area contributed by atoms with E-state index in [1.54, 1.807) is 14.2 Å². The highest BCUT2D eigenvalue weighted by atomic mass is 35.5. The molecule has 1 fully saturated rings. The first kappa shape index (κ1) is 18.7. The number of rotatable bonds is 4. The van der Waals surface area contributed by atoms with Gasteiger partial charge < -0.3 is 19.3 Å². The molecule has 0 bridgehead atoms. The second-order valence-electron chi connectivity index (χ2n) is 6.94. The molecule has 3 aromatic rings. The fourth-order valence-corrected chi connectivity index (χ4v) is 3.93. The molecule has 0 spiro atoms. The predicted octanol–water partition coefficient (Wildman–Crippen LogP) is 4.54. The van der Waals surface area contributed by atoms with E-state index in [2.05, 4.69) is 34.9 Å². The van der Waals surface area contributed by atoms with Gasteiger partial charge in [0.15, 0.2) is 0 Å². The molecule has 1 aromatic heterocycles. The van der Waals surface area contributed by atoms with Crippen LogP contribution in [0.2, 0.25) is 5.02 Å². The Hall–Kier alpha value is -2.66. The summed E-state index contributed by atoms with van der Waals surface area (Å²) in [5.74, 6) is 2.56. The number of aryl methyl sites for hydroxylation is 1. The van der Waals surface area contributed by atoms with E-state index in [0.717, 1.165) is 65.0 Å². The summed E-state index contributed by atoms with van der Waals surface area (Å²) in [6.07, 6.45) is 0. The lowest BCUT2D eigenvalue weighted by molar-refractivity contribution is 0.409. The van der Waals surface area contributed by atoms with Crippen LogP contribution in [0, 0.1) is 6.92 Å². The van der Waals surface area contributed by atoms with E-state index in [0.29, 0.717) is 0 Å². The number of piperazine rings is 1. The Balaban J connectivity index is 1.61. The van der Waals surface area contributed by atoms with Gasteiger partial charge in [0, 0.05) is 42.3 Å². The lowest BCUT2D eigenvalue weighted by Crippen LogP contribution is -2.46. The second-order valence-corrected chi connectivity index (χ2v) is 7.38. The van der Waals surface area contributed by atoms with Crippen LogP contribution in [0.15, 0.2) is 42.5 Å². The smallest absolute Gasteiger partial charge is 0.145 e. The third-order valence-corrected chi connectivity index (χ3v) is 5.56. The highest BCUT2D eigenvalue weighted by molar-refractivity contribution is 6.30. The maximum absolute atomic E-state index is 6.01. The van der Waals surface area contributed by atoms with Crippen LogP contribution >= 0.6 is 11.6 Å². The van der Waals surface area contributed by atoms with Gasteiger partial charge in [-0.25, -0.2) is 4.98 Å². The zero-order valence-electron chi connectivity index (χ0n) is 16.4. The molecule has 4 rings (SSSR count). The summed E-state index contributed by atoms with van der Waals surface area (Å²) in [6.45, 7) is 5.80. The van der Waals surface area contributed by atoms with Crippen molar-refractivity contribution in [3.8, 4) is 11.5 Å². The van der Waals surface area contributed by atoms with Crippen LogP contribution in [0.5, 0.6) is 11.5 Å². The average Bonchev–Trinajstić information content (AvgIpc) is 2.73. The van der Waals surface area contributed by atoms with Gasteiger partial charge >= 0.3 is 0 Å². The Morgan fingerprint density at radius 3 is 2.11 bits per heavy atom. The molecule has 1 aliphatic rings. The van der Waals surface area contributed by atoms with Crippen LogP contribution < -0.4 is 19.3 Å². The van der Waals surface area contributed by atoms with Crippen molar-refractivity contribution in [1.29, 1.82) is 0 Å². The Kier molecular flexibility index (Phi) is 5.18. The van der Waals surface area contributed by atoms with E-state index < -0.39 is 0 Å². The van der Waals surface area contributed by atoms with Crippen LogP contribution in [0.4, 0.5) is 11.5 Å². The summed E-state index contributed by atoms with van der Waals surface area (Å²) >= 11 is 6.01. The monoisotopic (exact) mass is 397 g/mol. The third-order valence-electron chi connectivity index (χ3n) is 5.30. The molecular weight excluding hydrogens is 374 g/mol. The molecule has 2 heterocycles. The van der Waals surface area contributed by atoms with E-state index in [1.165, 1.54) is 5.69 Å². The number of hydrogen-bond donors (Lipinski definition) is 0. The molecule has 0 unspecified atom stereocenters. The molecule has 146 valence electrons. The van der Waals surface area contributed by atoms with Crippen LogP contribution in [-0.2, 0) is 0 Å². The van der Waals surface area contributed by atoms with Gasteiger partial charge in [-0.15, -0.1) is 0 Å². The first-order valence-corrected chi connectivity index (χ1v) is 9.76. The van der Waals surface area contributed by atoms with E-state index in [1.807, 2.05) is 24.3 Å². The van der Waals surface area contributed by atoms with Gasteiger partial charge in [0.05, 0.1) is 14.2 Å². The fourth-order valence-electron chi connectivity index (χ4n) is 3.80. The van der Waals surface area contributed by atoms with Crippen molar-refractivity contribution >= 4 is 34.0 Å². The maximum atomic E-state index is 6.01. The van der Waals surface area contributed by atoms with Crippen molar-refractivity contribution < 1.29 is 9.47 Å². The minimum absolute atomic E-state index is 0.764. The quantitative estimate of drug-likeness (QED) is 0.646. The number of pyridine rings is 1. The maximum Gasteiger partial charge on any atom is 0.145 e. The van der Waals surface area contributed by atoms with E-state index in [9.17, 15) is 0 Å². The normalized spacial score (nSPS) is 14.4. The number of hydrogen-bond acceptors (Lipinski definition) is 5. The van der Waals surface area contributed by atoms with Crippen LogP contribution in [0.3, 0.4) is 0 Å². The lowest BCUT2D eigenvalue weighted by atomic mass is 10.1. The lowest BCUT2D eigenvalue weighted by Gasteiger charge is -2.37. The van der Waals surface area contributed by atoms with Gasteiger partial charge in [-0.3, -0.25) is 0 Å². The molecule has 2 aromatic carbocycles. The predicted molar refractivity (Wildman–Crippen MR) is 115 cm³/mol. The van der Waals surface area contributed by atoms with E-state index in [4.69, 9.17) is 26.1 Å². The van der Waals surface area contributed by atoms with Gasteiger partial charge in [0.25, 0.3) is 0 Å². The molecule has 5 nitrogen and oxygen atoms in total. The molecule has 0 N–H and O–H groups in total. The zero-order valence-corrected chi connectivity index (χ0v) is 17.2. The Bertz CT molecular complexity index is 983. The summed E-state index contributed by atoms with van der Waals surface area (Å²) in [5, 5.41) is 1.77. The van der Waals surface area contributed by atoms with Crippen molar-refractivity contribution in [1.82, 2.24) is 4.98 Å². The molecule has 0 aliphatic carbocycles. The van der Waals surface area contributed by atoms with Crippen molar-refractivity contribution in [3.63, 3.8) is 0 Å². The molecule has 1 aliphatic heterocycles. The number of methoxy groups -OCH3 is 2. The summed E-state index contributed by atoms with van der Waals surface area (Å²) in [5.41, 5.74) is 3.19. The van der Waals surface area contributed by atoms with Gasteiger partial charge in [0.1, 0.15) is 22.8 Å².